The summed E-state index contributed by atoms with van der Waals surface area (Å²) in [7, 11) is 0. The van der Waals surface area contributed by atoms with Crippen LogP contribution in [-0.2, 0) is 0 Å². The molecule has 0 atom stereocenters. The van der Waals surface area contributed by atoms with Crippen LogP contribution in [0.25, 0.3) is 11.0 Å². The highest BCUT2D eigenvalue weighted by Gasteiger charge is 2.25. The molecule has 1 heterocycles. The van der Waals surface area contributed by atoms with E-state index in [2.05, 4.69) is 25.5 Å². The molecule has 3 rings (SSSR count). The van der Waals surface area contributed by atoms with E-state index in [4.69, 9.17) is 0 Å². The van der Waals surface area contributed by atoms with Crippen LogP contribution in [-0.4, -0.2) is 9.55 Å². The summed E-state index contributed by atoms with van der Waals surface area (Å²) in [5.74, 6) is -0.222. The smallest absolute Gasteiger partial charge is 0.139 e. The third kappa shape index (κ3) is 1.17. The van der Waals surface area contributed by atoms with Gasteiger partial charge in [-0.25, -0.2) is 9.37 Å². The Bertz CT molecular complexity index is 502. The third-order valence-electron chi connectivity index (χ3n) is 2.56. The molecule has 14 heavy (non-hydrogen) atoms. The Morgan fingerprint density at radius 2 is 2.21 bits per heavy atom. The fraction of sp³-hybridized carbons (Fsp3) is 0.300. The number of fused-ring (bicyclic) bond motifs is 1. The fourth-order valence-electron chi connectivity index (χ4n) is 1.67. The van der Waals surface area contributed by atoms with E-state index in [1.165, 1.54) is 12.8 Å². The zero-order chi connectivity index (χ0) is 9.71. The molecule has 0 radical (unpaired) electrons. The SMILES string of the molecule is Fc1cc2c(cc1Br)ncn2C1CC1. The molecule has 72 valence electrons. The lowest BCUT2D eigenvalue weighted by atomic mass is 10.3. The molecule has 0 bridgehead atoms. The standard InChI is InChI=1S/C10H8BrFN2/c11-7-3-9-10(4-8(7)12)14(5-13-9)6-1-2-6/h3-6H,1-2H2. The van der Waals surface area contributed by atoms with Crippen molar-refractivity contribution in [1.82, 2.24) is 9.55 Å². The molecule has 4 heteroatoms. The minimum Gasteiger partial charge on any atom is -0.327 e. The normalized spacial score (nSPS) is 16.4. The molecular formula is C10H8BrFN2. The van der Waals surface area contributed by atoms with Crippen molar-refractivity contribution in [2.75, 3.05) is 0 Å². The van der Waals surface area contributed by atoms with Crippen molar-refractivity contribution in [3.63, 3.8) is 0 Å². The quantitative estimate of drug-likeness (QED) is 0.764. The molecule has 1 aliphatic rings. The van der Waals surface area contributed by atoms with Gasteiger partial charge < -0.3 is 4.57 Å². The topological polar surface area (TPSA) is 17.8 Å². The highest BCUT2D eigenvalue weighted by Crippen LogP contribution is 2.37. The third-order valence-corrected chi connectivity index (χ3v) is 3.16. The molecule has 1 fully saturated rings. The molecule has 0 aliphatic heterocycles. The van der Waals surface area contributed by atoms with Crippen LogP contribution in [0.5, 0.6) is 0 Å². The fourth-order valence-corrected chi connectivity index (χ4v) is 2.00. The number of aromatic nitrogens is 2. The Morgan fingerprint density at radius 1 is 1.43 bits per heavy atom. The Balaban J connectivity index is 2.29. The van der Waals surface area contributed by atoms with Gasteiger partial charge in [-0.3, -0.25) is 0 Å². The average Bonchev–Trinajstić information content (AvgIpc) is 2.91. The van der Waals surface area contributed by atoms with Crippen molar-refractivity contribution in [2.45, 2.75) is 18.9 Å². The number of halogens is 2. The van der Waals surface area contributed by atoms with E-state index in [1.54, 1.807) is 18.5 Å². The van der Waals surface area contributed by atoms with Gasteiger partial charge in [0.2, 0.25) is 0 Å². The van der Waals surface area contributed by atoms with Crippen LogP contribution in [0.1, 0.15) is 18.9 Å². The lowest BCUT2D eigenvalue weighted by molar-refractivity contribution is 0.621. The minimum atomic E-state index is -0.222. The highest BCUT2D eigenvalue weighted by molar-refractivity contribution is 9.10. The molecule has 0 unspecified atom stereocenters. The summed E-state index contributed by atoms with van der Waals surface area (Å²) in [4.78, 5) is 4.25. The number of benzene rings is 1. The Hall–Kier alpha value is -0.900. The first kappa shape index (κ1) is 8.41. The van der Waals surface area contributed by atoms with E-state index in [0.717, 1.165) is 11.0 Å². The first-order valence-corrected chi connectivity index (χ1v) is 5.36. The monoisotopic (exact) mass is 254 g/mol. The van der Waals surface area contributed by atoms with Crippen LogP contribution in [0.2, 0.25) is 0 Å². The second-order valence-corrected chi connectivity index (χ2v) is 4.49. The van der Waals surface area contributed by atoms with Crippen molar-refractivity contribution in [1.29, 1.82) is 0 Å². The van der Waals surface area contributed by atoms with Gasteiger partial charge in [-0.2, -0.15) is 0 Å². The molecule has 0 N–H and O–H groups in total. The molecule has 0 amide bonds. The van der Waals surface area contributed by atoms with E-state index in [0.29, 0.717) is 10.5 Å². The average molecular weight is 255 g/mol. The molecule has 2 nitrogen and oxygen atoms in total. The minimum absolute atomic E-state index is 0.222. The first-order chi connectivity index (χ1) is 6.75. The maximum absolute atomic E-state index is 13.3. The Labute approximate surface area is 88.9 Å². The molecule has 2 aromatic rings. The lowest BCUT2D eigenvalue weighted by Crippen LogP contribution is -1.91. The molecule has 0 saturated heterocycles. The predicted octanol–water partition coefficient (Wildman–Crippen LogP) is 3.27. The number of imidazole rings is 1. The summed E-state index contributed by atoms with van der Waals surface area (Å²) in [5.41, 5.74) is 1.75. The molecule has 1 aliphatic carbocycles. The van der Waals surface area contributed by atoms with Crippen molar-refractivity contribution in [3.05, 3.63) is 28.7 Å². The zero-order valence-electron chi connectivity index (χ0n) is 7.37. The zero-order valence-corrected chi connectivity index (χ0v) is 8.96. The maximum Gasteiger partial charge on any atom is 0.139 e. The lowest BCUT2D eigenvalue weighted by Gasteiger charge is -2.01. The van der Waals surface area contributed by atoms with Crippen LogP contribution in [0, 0.1) is 5.82 Å². The summed E-state index contributed by atoms with van der Waals surface area (Å²) in [6.07, 6.45) is 4.17. The van der Waals surface area contributed by atoms with E-state index >= 15 is 0 Å². The van der Waals surface area contributed by atoms with Gasteiger partial charge in [0.15, 0.2) is 0 Å². The number of rotatable bonds is 1. The molecular weight excluding hydrogens is 247 g/mol. The van der Waals surface area contributed by atoms with Crippen LogP contribution >= 0.6 is 15.9 Å². The Morgan fingerprint density at radius 3 is 2.93 bits per heavy atom. The maximum atomic E-state index is 13.3. The van der Waals surface area contributed by atoms with Gasteiger partial charge >= 0.3 is 0 Å². The van der Waals surface area contributed by atoms with Gasteiger partial charge in [0.1, 0.15) is 5.82 Å². The summed E-state index contributed by atoms with van der Waals surface area (Å²) in [6, 6.07) is 3.81. The van der Waals surface area contributed by atoms with E-state index in [-0.39, 0.29) is 5.82 Å². The second kappa shape index (κ2) is 2.79. The van der Waals surface area contributed by atoms with Gasteiger partial charge in [-0.1, -0.05) is 0 Å². The van der Waals surface area contributed by atoms with Crippen LogP contribution in [0.3, 0.4) is 0 Å². The van der Waals surface area contributed by atoms with Crippen LogP contribution < -0.4 is 0 Å². The van der Waals surface area contributed by atoms with E-state index in [9.17, 15) is 4.39 Å². The van der Waals surface area contributed by atoms with Gasteiger partial charge in [0, 0.05) is 12.1 Å². The van der Waals surface area contributed by atoms with Crippen molar-refractivity contribution in [3.8, 4) is 0 Å². The number of nitrogens with zero attached hydrogens (tertiary/aromatic N) is 2. The summed E-state index contributed by atoms with van der Waals surface area (Å²) in [5, 5.41) is 0. The number of hydrogen-bond donors (Lipinski definition) is 0. The molecule has 1 aromatic heterocycles. The van der Waals surface area contributed by atoms with Gasteiger partial charge in [-0.15, -0.1) is 0 Å². The summed E-state index contributed by atoms with van der Waals surface area (Å²) in [6.45, 7) is 0. The van der Waals surface area contributed by atoms with Crippen molar-refractivity contribution < 1.29 is 4.39 Å². The van der Waals surface area contributed by atoms with E-state index < -0.39 is 0 Å². The predicted molar refractivity (Wildman–Crippen MR) is 55.7 cm³/mol. The molecule has 1 aromatic carbocycles. The number of hydrogen-bond acceptors (Lipinski definition) is 1. The van der Waals surface area contributed by atoms with Crippen LogP contribution in [0.4, 0.5) is 4.39 Å². The molecule has 0 spiro atoms. The van der Waals surface area contributed by atoms with Crippen molar-refractivity contribution >= 4 is 27.0 Å². The van der Waals surface area contributed by atoms with Crippen LogP contribution in [0.15, 0.2) is 22.9 Å². The largest absolute Gasteiger partial charge is 0.327 e. The Kier molecular flexibility index (Phi) is 1.68. The molecule has 1 saturated carbocycles. The van der Waals surface area contributed by atoms with Gasteiger partial charge in [0.25, 0.3) is 0 Å². The second-order valence-electron chi connectivity index (χ2n) is 3.64. The highest BCUT2D eigenvalue weighted by atomic mass is 79.9. The summed E-state index contributed by atoms with van der Waals surface area (Å²) >= 11 is 3.15. The van der Waals surface area contributed by atoms with Gasteiger partial charge in [0.05, 0.1) is 21.8 Å². The van der Waals surface area contributed by atoms with E-state index in [1.807, 2.05) is 0 Å². The van der Waals surface area contributed by atoms with Crippen molar-refractivity contribution in [2.24, 2.45) is 0 Å². The summed E-state index contributed by atoms with van der Waals surface area (Å²) < 4.78 is 15.8. The first-order valence-electron chi connectivity index (χ1n) is 4.57. The van der Waals surface area contributed by atoms with Gasteiger partial charge in [-0.05, 0) is 34.8 Å².